The zero-order chi connectivity index (χ0) is 31.2. The molecule has 0 spiro atoms. The first-order chi connectivity index (χ1) is 21.9. The molecule has 1 aliphatic heterocycles. The van der Waals surface area contributed by atoms with Crippen LogP contribution >= 0.6 is 11.3 Å². The minimum atomic E-state index is -0.696. The molecule has 1 unspecified atom stereocenters. The fourth-order valence-electron chi connectivity index (χ4n) is 5.78. The molecule has 0 fully saturated rings. The summed E-state index contributed by atoms with van der Waals surface area (Å²) in [5, 5.41) is 9.16. The van der Waals surface area contributed by atoms with Crippen LogP contribution < -0.4 is 0 Å². The molecule has 45 heavy (non-hydrogen) atoms. The highest BCUT2D eigenvalue weighted by Gasteiger charge is 2.34. The maximum absolute atomic E-state index is 14.5. The Hall–Kier alpha value is -4.95. The molecule has 8 heteroatoms. The van der Waals surface area contributed by atoms with Gasteiger partial charge in [-0.1, -0.05) is 78.9 Å². The Labute approximate surface area is 267 Å². The van der Waals surface area contributed by atoms with Gasteiger partial charge in [0.2, 0.25) is 11.8 Å². The fourth-order valence-corrected chi connectivity index (χ4v) is 6.61. The molecule has 1 atom stereocenters. The molecule has 3 heterocycles. The molecule has 5 aromatic rings. The van der Waals surface area contributed by atoms with Crippen LogP contribution in [0.2, 0.25) is 0 Å². The second-order valence-corrected chi connectivity index (χ2v) is 12.5. The van der Waals surface area contributed by atoms with Gasteiger partial charge < -0.3 is 9.80 Å². The van der Waals surface area contributed by atoms with Crippen LogP contribution in [-0.4, -0.2) is 49.4 Å². The Morgan fingerprint density at radius 3 is 2.38 bits per heavy atom. The molecule has 0 bridgehead atoms. The molecule has 0 saturated heterocycles. The lowest BCUT2D eigenvalue weighted by molar-refractivity contribution is -0.144. The Balaban J connectivity index is 1.35. The first kappa shape index (κ1) is 30.1. The van der Waals surface area contributed by atoms with Gasteiger partial charge in [0, 0.05) is 43.9 Å². The quantitative estimate of drug-likeness (QED) is 0.179. The number of nitrogens with zero attached hydrogens (tertiary/aromatic N) is 5. The highest BCUT2D eigenvalue weighted by Crippen LogP contribution is 2.25. The largest absolute Gasteiger partial charge is 0.336 e. The summed E-state index contributed by atoms with van der Waals surface area (Å²) in [6.45, 7) is 5.33. The predicted octanol–water partition coefficient (Wildman–Crippen LogP) is 6.46. The first-order valence-corrected chi connectivity index (χ1v) is 16.0. The van der Waals surface area contributed by atoms with E-state index in [2.05, 4.69) is 27.3 Å². The van der Waals surface area contributed by atoms with Crippen molar-refractivity contribution in [3.63, 3.8) is 0 Å². The summed E-state index contributed by atoms with van der Waals surface area (Å²) in [4.78, 5) is 37.8. The Kier molecular flexibility index (Phi) is 9.22. The van der Waals surface area contributed by atoms with Crippen molar-refractivity contribution in [2.45, 2.75) is 45.8 Å². The van der Waals surface area contributed by atoms with Crippen LogP contribution in [0, 0.1) is 13.8 Å². The molecule has 0 saturated carbocycles. The van der Waals surface area contributed by atoms with Gasteiger partial charge in [-0.3, -0.25) is 9.59 Å². The summed E-state index contributed by atoms with van der Waals surface area (Å²) < 4.78 is 0. The fraction of sp³-hybridized carbons (Fsp3) is 0.216. The lowest BCUT2D eigenvalue weighted by atomic mass is 9.97. The number of amides is 2. The zero-order valence-corrected chi connectivity index (χ0v) is 26.3. The monoisotopic (exact) mass is 613 g/mol. The van der Waals surface area contributed by atoms with E-state index in [4.69, 9.17) is 0 Å². The van der Waals surface area contributed by atoms with Crippen LogP contribution in [0.15, 0.2) is 103 Å². The Morgan fingerprint density at radius 2 is 1.67 bits per heavy atom. The molecule has 3 aromatic carbocycles. The molecule has 0 aliphatic carbocycles. The number of carbonyl (C=O) groups excluding carboxylic acids is 2. The van der Waals surface area contributed by atoms with E-state index in [9.17, 15) is 9.59 Å². The molecule has 226 valence electrons. The number of fused-ring (bicyclic) bond motifs is 1. The molecule has 7 nitrogen and oxygen atoms in total. The number of aromatic nitrogens is 3. The van der Waals surface area contributed by atoms with E-state index >= 15 is 0 Å². The van der Waals surface area contributed by atoms with Gasteiger partial charge in [-0.05, 0) is 60.7 Å². The van der Waals surface area contributed by atoms with Crippen molar-refractivity contribution in [1.82, 2.24) is 25.0 Å². The second-order valence-electron chi connectivity index (χ2n) is 11.3. The van der Waals surface area contributed by atoms with Gasteiger partial charge in [0.25, 0.3) is 0 Å². The van der Waals surface area contributed by atoms with Crippen LogP contribution in [0.1, 0.15) is 37.8 Å². The van der Waals surface area contributed by atoms with Gasteiger partial charge in [-0.25, -0.2) is 4.98 Å². The average Bonchev–Trinajstić information content (AvgIpc) is 3.41. The summed E-state index contributed by atoms with van der Waals surface area (Å²) in [5.41, 5.74) is 6.95. The van der Waals surface area contributed by atoms with E-state index in [-0.39, 0.29) is 18.4 Å². The van der Waals surface area contributed by atoms with E-state index < -0.39 is 6.04 Å². The predicted molar refractivity (Wildman–Crippen MR) is 178 cm³/mol. The van der Waals surface area contributed by atoms with Gasteiger partial charge in [-0.15, -0.1) is 11.3 Å². The number of hydrogen-bond donors (Lipinski definition) is 0. The number of thiazole rings is 1. The molecule has 1 aliphatic rings. The molecule has 2 aromatic heterocycles. The Bertz CT molecular complexity index is 1800. The minimum absolute atomic E-state index is 0.0453. The maximum Gasteiger partial charge on any atom is 0.247 e. The van der Waals surface area contributed by atoms with Crippen molar-refractivity contribution in [3.8, 4) is 11.3 Å². The van der Waals surface area contributed by atoms with Crippen molar-refractivity contribution in [2.75, 3.05) is 6.54 Å². The average molecular weight is 614 g/mol. The van der Waals surface area contributed by atoms with Gasteiger partial charge >= 0.3 is 0 Å². The molecule has 0 radical (unpaired) electrons. The normalized spacial score (nSPS) is 13.4. The van der Waals surface area contributed by atoms with Gasteiger partial charge in [-0.2, -0.15) is 10.2 Å². The highest BCUT2D eigenvalue weighted by molar-refractivity contribution is 7.12. The Morgan fingerprint density at radius 1 is 0.911 bits per heavy atom. The lowest BCUT2D eigenvalue weighted by Crippen LogP contribution is -2.52. The van der Waals surface area contributed by atoms with Gasteiger partial charge in [0.1, 0.15) is 6.04 Å². The number of rotatable bonds is 9. The SMILES string of the molecule is Cc1nc(C)c(C=CC(=O)N(Cc2ccc(-c3cccnn3)cc2)C(Cc2ccccc2)C(=O)N2CCc3ccccc3C2)s1. The summed E-state index contributed by atoms with van der Waals surface area (Å²) in [5.74, 6) is -0.263. The third kappa shape index (κ3) is 7.24. The lowest BCUT2D eigenvalue weighted by Gasteiger charge is -2.37. The molecular formula is C37H35N5O2S. The van der Waals surface area contributed by atoms with Crippen molar-refractivity contribution in [3.05, 3.63) is 141 Å². The maximum atomic E-state index is 14.5. The van der Waals surface area contributed by atoms with Crippen molar-refractivity contribution in [1.29, 1.82) is 0 Å². The van der Waals surface area contributed by atoms with Crippen LogP contribution in [0.5, 0.6) is 0 Å². The number of aryl methyl sites for hydroxylation is 2. The van der Waals surface area contributed by atoms with Crippen molar-refractivity contribution in [2.24, 2.45) is 0 Å². The summed E-state index contributed by atoms with van der Waals surface area (Å²) in [7, 11) is 0. The first-order valence-electron chi connectivity index (χ1n) is 15.1. The molecule has 2 amide bonds. The van der Waals surface area contributed by atoms with E-state index in [1.807, 2.05) is 104 Å². The van der Waals surface area contributed by atoms with E-state index in [1.165, 1.54) is 5.56 Å². The molecule has 0 N–H and O–H groups in total. The van der Waals surface area contributed by atoms with Crippen molar-refractivity contribution >= 4 is 29.2 Å². The van der Waals surface area contributed by atoms with Gasteiger partial charge in [0.15, 0.2) is 0 Å². The van der Waals surface area contributed by atoms with Crippen LogP contribution in [0.4, 0.5) is 0 Å². The summed E-state index contributed by atoms with van der Waals surface area (Å²) >= 11 is 1.55. The highest BCUT2D eigenvalue weighted by atomic mass is 32.1. The zero-order valence-electron chi connectivity index (χ0n) is 25.5. The van der Waals surface area contributed by atoms with Gasteiger partial charge in [0.05, 0.1) is 21.3 Å². The third-order valence-corrected chi connectivity index (χ3v) is 9.19. The van der Waals surface area contributed by atoms with E-state index in [0.29, 0.717) is 19.5 Å². The number of hydrogen-bond acceptors (Lipinski definition) is 6. The van der Waals surface area contributed by atoms with Crippen LogP contribution in [-0.2, 0) is 35.5 Å². The smallest absolute Gasteiger partial charge is 0.247 e. The van der Waals surface area contributed by atoms with E-state index in [0.717, 1.165) is 49.9 Å². The summed E-state index contributed by atoms with van der Waals surface area (Å²) in [6.07, 6.45) is 6.27. The number of benzene rings is 3. The second kappa shape index (κ2) is 13.8. The van der Waals surface area contributed by atoms with Crippen LogP contribution in [0.3, 0.4) is 0 Å². The van der Waals surface area contributed by atoms with Crippen molar-refractivity contribution < 1.29 is 9.59 Å². The number of carbonyl (C=O) groups is 2. The minimum Gasteiger partial charge on any atom is -0.336 e. The molecule has 6 rings (SSSR count). The standard InChI is InChI=1S/C37H35N5O2S/c1-26-35(45-27(2)39-26)18-19-36(43)42(24-29-14-16-31(17-15-29)33-13-8-21-38-40-33)34(23-28-9-4-3-5-10-28)37(44)41-22-20-30-11-6-7-12-32(30)25-41/h3-19,21,34H,20,22-25H2,1-2H3. The van der Waals surface area contributed by atoms with Crippen LogP contribution in [0.25, 0.3) is 17.3 Å². The third-order valence-electron chi connectivity index (χ3n) is 8.15. The molecular weight excluding hydrogens is 579 g/mol. The van der Waals surface area contributed by atoms with E-state index in [1.54, 1.807) is 28.5 Å². The topological polar surface area (TPSA) is 79.3 Å². The summed E-state index contributed by atoms with van der Waals surface area (Å²) in [6, 6.07) is 29.2.